The summed E-state index contributed by atoms with van der Waals surface area (Å²) in [5.74, 6) is -0.538. The number of aromatic nitrogens is 1. The maximum Gasteiger partial charge on any atom is 0.534 e. The van der Waals surface area contributed by atoms with Crippen molar-refractivity contribution in [3.8, 4) is 5.75 Å². The van der Waals surface area contributed by atoms with Crippen LogP contribution in [0.1, 0.15) is 38.4 Å². The molecule has 3 rings (SSSR count). The van der Waals surface area contributed by atoms with Crippen LogP contribution in [0.3, 0.4) is 0 Å². The predicted molar refractivity (Wildman–Crippen MR) is 103 cm³/mol. The van der Waals surface area contributed by atoms with Crippen LogP contribution in [0.2, 0.25) is 0 Å². The summed E-state index contributed by atoms with van der Waals surface area (Å²) in [6.07, 6.45) is 2.92. The minimum absolute atomic E-state index is 0.00182. The number of hydrogen-bond acceptors (Lipinski definition) is 7. The van der Waals surface area contributed by atoms with Crippen molar-refractivity contribution in [2.45, 2.75) is 49.8 Å². The Bertz CT molecular complexity index is 1180. The van der Waals surface area contributed by atoms with Crippen molar-refractivity contribution in [3.05, 3.63) is 17.3 Å². The first-order valence-corrected chi connectivity index (χ1v) is 12.8. The average Bonchev–Trinajstić information content (AvgIpc) is 2.87. The highest BCUT2D eigenvalue weighted by Crippen LogP contribution is 2.45. The fraction of sp³-hybridized carbons (Fsp3) is 0.588. The lowest BCUT2D eigenvalue weighted by Crippen LogP contribution is -2.28. The van der Waals surface area contributed by atoms with Crippen molar-refractivity contribution in [1.82, 2.24) is 4.98 Å². The smallest absolute Gasteiger partial charge is 0.373 e. The second-order valence-corrected chi connectivity index (χ2v) is 13.0. The summed E-state index contributed by atoms with van der Waals surface area (Å²) in [7, 11) is -10.1. The molecule has 1 unspecified atom stereocenters. The summed E-state index contributed by atoms with van der Waals surface area (Å²) in [4.78, 5) is 4.55. The molecule has 1 aliphatic rings. The number of halogens is 3. The highest BCUT2D eigenvalue weighted by atomic mass is 32.2. The fourth-order valence-electron chi connectivity index (χ4n) is 3.35. The molecule has 6 nitrogen and oxygen atoms in total. The third-order valence-corrected chi connectivity index (χ3v) is 8.86. The number of thiophene rings is 1. The molecule has 162 valence electrons. The molecule has 1 aliphatic carbocycles. The first-order chi connectivity index (χ1) is 13.0. The van der Waals surface area contributed by atoms with Gasteiger partial charge in [-0.25, -0.2) is 13.4 Å². The van der Waals surface area contributed by atoms with Gasteiger partial charge in [-0.15, -0.1) is 0 Å². The van der Waals surface area contributed by atoms with Gasteiger partial charge < -0.3 is 4.18 Å². The number of fused-ring (bicyclic) bond motifs is 2. The number of rotatable bonds is 3. The van der Waals surface area contributed by atoms with Crippen LogP contribution in [0.15, 0.2) is 10.3 Å². The third kappa shape index (κ3) is 4.24. The quantitative estimate of drug-likeness (QED) is 0.495. The zero-order chi connectivity index (χ0) is 22.0. The van der Waals surface area contributed by atoms with E-state index in [1.807, 2.05) is 0 Å². The Kier molecular flexibility index (Phi) is 5.23. The van der Waals surface area contributed by atoms with Crippen molar-refractivity contribution < 1.29 is 34.2 Å². The lowest BCUT2D eigenvalue weighted by molar-refractivity contribution is -0.0500. The molecule has 12 heteroatoms. The molecule has 0 bridgehead atoms. The summed E-state index contributed by atoms with van der Waals surface area (Å²) in [6, 6.07) is 1.52. The van der Waals surface area contributed by atoms with E-state index in [1.54, 1.807) is 0 Å². The van der Waals surface area contributed by atoms with Gasteiger partial charge in [0.05, 0.1) is 5.39 Å². The summed E-state index contributed by atoms with van der Waals surface area (Å²) < 4.78 is 89.5. The summed E-state index contributed by atoms with van der Waals surface area (Å²) in [5.41, 5.74) is -4.19. The van der Waals surface area contributed by atoms with E-state index in [4.69, 9.17) is 0 Å². The first-order valence-electron chi connectivity index (χ1n) is 8.67. The Morgan fingerprint density at radius 3 is 2.31 bits per heavy atom. The van der Waals surface area contributed by atoms with Crippen molar-refractivity contribution >= 4 is 41.5 Å². The number of alkyl halides is 3. The van der Waals surface area contributed by atoms with E-state index in [0.29, 0.717) is 30.1 Å². The molecule has 0 saturated heterocycles. The SMILES string of the molecule is CC(C)(C)C1CCc2nc3sc(S(C)(=O)=O)c(OS(=O)(=O)C(F)(F)F)c3cc2C1. The number of sulfone groups is 1. The molecule has 0 radical (unpaired) electrons. The minimum Gasteiger partial charge on any atom is -0.373 e. The zero-order valence-corrected chi connectivity index (χ0v) is 18.6. The molecule has 2 aromatic rings. The van der Waals surface area contributed by atoms with E-state index < -0.39 is 35.4 Å². The molecule has 0 aromatic carbocycles. The van der Waals surface area contributed by atoms with Crippen molar-refractivity contribution in [3.63, 3.8) is 0 Å². The minimum atomic E-state index is -6.04. The Balaban J connectivity index is 2.21. The van der Waals surface area contributed by atoms with Gasteiger partial charge in [-0.1, -0.05) is 32.1 Å². The molecule has 2 heterocycles. The van der Waals surface area contributed by atoms with Gasteiger partial charge in [-0.3, -0.25) is 0 Å². The number of aryl methyl sites for hydroxylation is 1. The van der Waals surface area contributed by atoms with E-state index in [0.717, 1.165) is 23.9 Å². The normalized spacial score (nSPS) is 18.7. The Hall–Kier alpha value is -1.40. The molecular formula is C17H20F3NO5S3. The Labute approximate surface area is 171 Å². The van der Waals surface area contributed by atoms with Crippen molar-refractivity contribution in [2.24, 2.45) is 11.3 Å². The van der Waals surface area contributed by atoms with Crippen molar-refractivity contribution in [2.75, 3.05) is 6.26 Å². The van der Waals surface area contributed by atoms with E-state index in [-0.39, 0.29) is 15.6 Å². The fourth-order valence-corrected chi connectivity index (χ4v) is 6.11. The lowest BCUT2D eigenvalue weighted by Gasteiger charge is -2.34. The molecule has 1 atom stereocenters. The third-order valence-electron chi connectivity index (χ3n) is 5.01. The predicted octanol–water partition coefficient (Wildman–Crippen LogP) is 4.08. The number of nitrogens with zero attached hydrogens (tertiary/aromatic N) is 1. The maximum atomic E-state index is 12.8. The van der Waals surface area contributed by atoms with Crippen LogP contribution in [0.25, 0.3) is 10.2 Å². The maximum absolute atomic E-state index is 12.8. The van der Waals surface area contributed by atoms with E-state index in [9.17, 15) is 30.0 Å². The van der Waals surface area contributed by atoms with E-state index in [1.165, 1.54) is 6.07 Å². The molecule has 0 amide bonds. The van der Waals surface area contributed by atoms with Gasteiger partial charge in [-0.05, 0) is 42.2 Å². The summed E-state index contributed by atoms with van der Waals surface area (Å²) in [6.45, 7) is 6.27. The molecule has 29 heavy (non-hydrogen) atoms. The van der Waals surface area contributed by atoms with Crippen LogP contribution in [0, 0.1) is 11.3 Å². The molecule has 0 N–H and O–H groups in total. The summed E-state index contributed by atoms with van der Waals surface area (Å²) >= 11 is 0.605. The average molecular weight is 472 g/mol. The van der Waals surface area contributed by atoms with Crippen LogP contribution in [-0.4, -0.2) is 33.6 Å². The van der Waals surface area contributed by atoms with Gasteiger partial charge in [0, 0.05) is 11.9 Å². The monoisotopic (exact) mass is 471 g/mol. The molecule has 0 saturated carbocycles. The van der Waals surface area contributed by atoms with Crippen LogP contribution in [0.5, 0.6) is 5.75 Å². The highest BCUT2D eigenvalue weighted by Gasteiger charge is 2.49. The summed E-state index contributed by atoms with van der Waals surface area (Å²) in [5, 5.41) is -0.0449. The van der Waals surface area contributed by atoms with Crippen LogP contribution in [-0.2, 0) is 32.8 Å². The Morgan fingerprint density at radius 1 is 1.17 bits per heavy atom. The number of hydrogen-bond donors (Lipinski definition) is 0. The largest absolute Gasteiger partial charge is 0.534 e. The topological polar surface area (TPSA) is 90.4 Å². The van der Waals surface area contributed by atoms with Crippen LogP contribution < -0.4 is 4.18 Å². The lowest BCUT2D eigenvalue weighted by atomic mass is 9.71. The molecule has 2 aromatic heterocycles. The number of pyridine rings is 1. The zero-order valence-electron chi connectivity index (χ0n) is 16.1. The highest BCUT2D eigenvalue weighted by molar-refractivity contribution is 7.93. The Morgan fingerprint density at radius 2 is 1.79 bits per heavy atom. The molecular weight excluding hydrogens is 451 g/mol. The molecule has 0 aliphatic heterocycles. The van der Waals surface area contributed by atoms with Gasteiger partial charge in [0.25, 0.3) is 0 Å². The standard InChI is InChI=1S/C17H20F3NO5S3/c1-16(2,3)10-5-6-12-9(7-10)8-11-13(26-29(24,25)17(18,19)20)15(28(4,22)23)27-14(11)21-12/h8,10H,5-7H2,1-4H3. The van der Waals surface area contributed by atoms with Crippen LogP contribution in [0.4, 0.5) is 13.2 Å². The van der Waals surface area contributed by atoms with Gasteiger partial charge in [0.15, 0.2) is 19.8 Å². The second kappa shape index (κ2) is 6.81. The van der Waals surface area contributed by atoms with E-state index in [2.05, 4.69) is 29.9 Å². The van der Waals surface area contributed by atoms with Gasteiger partial charge in [0.2, 0.25) is 0 Å². The second-order valence-electron chi connectivity index (χ2n) is 8.23. The first kappa shape index (κ1) is 22.3. The molecule has 0 spiro atoms. The van der Waals surface area contributed by atoms with Crippen molar-refractivity contribution in [1.29, 1.82) is 0 Å². The molecule has 0 fully saturated rings. The van der Waals surface area contributed by atoms with Crippen LogP contribution >= 0.6 is 11.3 Å². The van der Waals surface area contributed by atoms with Gasteiger partial charge >= 0.3 is 15.6 Å². The van der Waals surface area contributed by atoms with E-state index >= 15 is 0 Å². The van der Waals surface area contributed by atoms with Gasteiger partial charge in [0.1, 0.15) is 4.83 Å². The van der Waals surface area contributed by atoms with Gasteiger partial charge in [-0.2, -0.15) is 21.6 Å².